The number of rotatable bonds is 2. The maximum Gasteiger partial charge on any atom is 0.236 e. The third kappa shape index (κ3) is 4.91. The highest BCUT2D eigenvalue weighted by molar-refractivity contribution is 7.91. The molecule has 8 heteroatoms. The number of amides is 1. The maximum absolute atomic E-state index is 12.0. The number of hydrogen-bond donors (Lipinski definition) is 0. The molecule has 0 bridgehead atoms. The Bertz CT molecular complexity index is 393. The molecule has 0 aromatic rings. The highest BCUT2D eigenvalue weighted by atomic mass is 35.5. The van der Waals surface area contributed by atoms with Crippen molar-refractivity contribution >= 4 is 28.2 Å². The van der Waals surface area contributed by atoms with Gasteiger partial charge in [-0.2, -0.15) is 0 Å². The van der Waals surface area contributed by atoms with Crippen molar-refractivity contribution in [3.63, 3.8) is 0 Å². The molecular formula is C11H22ClN3O3S. The molecule has 0 spiro atoms. The van der Waals surface area contributed by atoms with Crippen molar-refractivity contribution in [2.24, 2.45) is 0 Å². The van der Waals surface area contributed by atoms with E-state index in [-0.39, 0.29) is 29.8 Å². The van der Waals surface area contributed by atoms with Crippen LogP contribution in [0.5, 0.6) is 0 Å². The third-order valence-electron chi connectivity index (χ3n) is 3.65. The second-order valence-corrected chi connectivity index (χ2v) is 7.42. The summed E-state index contributed by atoms with van der Waals surface area (Å²) in [5.41, 5.74) is 0. The van der Waals surface area contributed by atoms with Gasteiger partial charge in [0.2, 0.25) is 5.91 Å². The minimum absolute atomic E-state index is 0. The largest absolute Gasteiger partial charge is 0.340 e. The molecular weight excluding hydrogens is 290 g/mol. The van der Waals surface area contributed by atoms with Crippen LogP contribution in [-0.2, 0) is 14.6 Å². The van der Waals surface area contributed by atoms with Gasteiger partial charge in [0.15, 0.2) is 9.84 Å². The van der Waals surface area contributed by atoms with Crippen molar-refractivity contribution in [1.82, 2.24) is 14.7 Å². The fraction of sp³-hybridized carbons (Fsp3) is 0.909. The second-order valence-electron chi connectivity index (χ2n) is 5.11. The molecule has 0 unspecified atom stereocenters. The fourth-order valence-corrected chi connectivity index (χ4v) is 3.46. The van der Waals surface area contributed by atoms with Crippen LogP contribution in [0.15, 0.2) is 0 Å². The van der Waals surface area contributed by atoms with E-state index in [1.54, 1.807) is 4.90 Å². The predicted molar refractivity (Wildman–Crippen MR) is 76.4 cm³/mol. The molecule has 0 aromatic heterocycles. The van der Waals surface area contributed by atoms with Gasteiger partial charge < -0.3 is 9.80 Å². The summed E-state index contributed by atoms with van der Waals surface area (Å²) in [5, 5.41) is 0. The van der Waals surface area contributed by atoms with Gasteiger partial charge in [0, 0.05) is 39.3 Å². The zero-order chi connectivity index (χ0) is 13.2. The number of piperazine rings is 1. The minimum atomic E-state index is -2.90. The molecule has 2 heterocycles. The Labute approximate surface area is 121 Å². The summed E-state index contributed by atoms with van der Waals surface area (Å²) in [4.78, 5) is 18.1. The van der Waals surface area contributed by atoms with Crippen LogP contribution in [-0.4, -0.2) is 93.4 Å². The monoisotopic (exact) mass is 311 g/mol. The van der Waals surface area contributed by atoms with Gasteiger partial charge in [-0.05, 0) is 7.05 Å². The van der Waals surface area contributed by atoms with Gasteiger partial charge >= 0.3 is 0 Å². The third-order valence-corrected chi connectivity index (χ3v) is 5.26. The van der Waals surface area contributed by atoms with Crippen LogP contribution in [0.2, 0.25) is 0 Å². The fourth-order valence-electron chi connectivity index (χ4n) is 2.26. The summed E-state index contributed by atoms with van der Waals surface area (Å²) in [6.45, 7) is 4.93. The van der Waals surface area contributed by atoms with E-state index in [4.69, 9.17) is 0 Å². The van der Waals surface area contributed by atoms with Crippen molar-refractivity contribution in [3.05, 3.63) is 0 Å². The average Bonchev–Trinajstić information content (AvgIpc) is 2.32. The van der Waals surface area contributed by atoms with Crippen LogP contribution in [0, 0.1) is 0 Å². The molecule has 112 valence electrons. The van der Waals surface area contributed by atoms with E-state index in [0.717, 1.165) is 26.2 Å². The summed E-state index contributed by atoms with van der Waals surface area (Å²) < 4.78 is 22.6. The lowest BCUT2D eigenvalue weighted by Gasteiger charge is -2.34. The van der Waals surface area contributed by atoms with E-state index >= 15 is 0 Å². The van der Waals surface area contributed by atoms with Crippen molar-refractivity contribution in [3.8, 4) is 0 Å². The van der Waals surface area contributed by atoms with Crippen molar-refractivity contribution in [2.45, 2.75) is 0 Å². The highest BCUT2D eigenvalue weighted by Gasteiger charge is 2.26. The van der Waals surface area contributed by atoms with Gasteiger partial charge in [-0.25, -0.2) is 8.42 Å². The van der Waals surface area contributed by atoms with Crippen LogP contribution < -0.4 is 0 Å². The standard InChI is InChI=1S/C11H21N3O3S.ClH/c1-12-2-4-13(5-3-12)10-11(15)14-6-8-18(16,17)9-7-14;/h2-10H2,1H3;1H. The van der Waals surface area contributed by atoms with Crippen LogP contribution in [0.4, 0.5) is 0 Å². The molecule has 2 aliphatic heterocycles. The molecule has 2 rings (SSSR count). The number of hydrogen-bond acceptors (Lipinski definition) is 5. The van der Waals surface area contributed by atoms with Gasteiger partial charge in [0.1, 0.15) is 0 Å². The predicted octanol–water partition coefficient (Wildman–Crippen LogP) is -1.09. The van der Waals surface area contributed by atoms with Gasteiger partial charge in [0.25, 0.3) is 0 Å². The van der Waals surface area contributed by atoms with Crippen LogP contribution in [0.3, 0.4) is 0 Å². The molecule has 0 saturated carbocycles. The quantitative estimate of drug-likeness (QED) is 0.649. The minimum Gasteiger partial charge on any atom is -0.340 e. The Hall–Kier alpha value is -0.370. The number of likely N-dealkylation sites (N-methyl/N-ethyl adjacent to an activating group) is 1. The van der Waals surface area contributed by atoms with E-state index in [1.165, 1.54) is 0 Å². The lowest BCUT2D eigenvalue weighted by molar-refractivity contribution is -0.132. The smallest absolute Gasteiger partial charge is 0.236 e. The van der Waals surface area contributed by atoms with Crippen molar-refractivity contribution in [1.29, 1.82) is 0 Å². The topological polar surface area (TPSA) is 60.9 Å². The summed E-state index contributed by atoms with van der Waals surface area (Å²) in [5.74, 6) is 0.289. The molecule has 0 atom stereocenters. The van der Waals surface area contributed by atoms with Gasteiger partial charge in [-0.15, -0.1) is 12.4 Å². The summed E-state index contributed by atoms with van der Waals surface area (Å²) in [6.07, 6.45) is 0. The summed E-state index contributed by atoms with van der Waals surface area (Å²) in [6, 6.07) is 0. The first-order valence-electron chi connectivity index (χ1n) is 6.35. The lowest BCUT2D eigenvalue weighted by atomic mass is 10.3. The van der Waals surface area contributed by atoms with E-state index in [1.807, 2.05) is 0 Å². The highest BCUT2D eigenvalue weighted by Crippen LogP contribution is 2.06. The molecule has 0 radical (unpaired) electrons. The molecule has 2 aliphatic rings. The van der Waals surface area contributed by atoms with E-state index in [0.29, 0.717) is 19.6 Å². The number of carbonyl (C=O) groups is 1. The van der Waals surface area contributed by atoms with Gasteiger partial charge in [0.05, 0.1) is 18.1 Å². The second kappa shape index (κ2) is 6.88. The number of nitrogens with zero attached hydrogens (tertiary/aromatic N) is 3. The van der Waals surface area contributed by atoms with Crippen LogP contribution >= 0.6 is 12.4 Å². The molecule has 0 aliphatic carbocycles. The molecule has 2 fully saturated rings. The Morgan fingerprint density at radius 2 is 1.53 bits per heavy atom. The summed E-state index contributed by atoms with van der Waals surface area (Å²) in [7, 11) is -0.826. The normalized spacial score (nSPS) is 24.8. The van der Waals surface area contributed by atoms with Crippen molar-refractivity contribution < 1.29 is 13.2 Å². The molecule has 0 aromatic carbocycles. The van der Waals surface area contributed by atoms with E-state index in [9.17, 15) is 13.2 Å². The molecule has 19 heavy (non-hydrogen) atoms. The molecule has 0 N–H and O–H groups in total. The number of carbonyl (C=O) groups excluding carboxylic acids is 1. The molecule has 6 nitrogen and oxygen atoms in total. The Kier molecular flexibility index (Phi) is 6.04. The Morgan fingerprint density at radius 3 is 2.05 bits per heavy atom. The zero-order valence-corrected chi connectivity index (χ0v) is 12.9. The number of sulfone groups is 1. The summed E-state index contributed by atoms with van der Waals surface area (Å²) >= 11 is 0. The Morgan fingerprint density at radius 1 is 1.00 bits per heavy atom. The SMILES string of the molecule is CN1CCN(CC(=O)N2CCS(=O)(=O)CC2)CC1.Cl. The first-order valence-corrected chi connectivity index (χ1v) is 8.17. The first-order chi connectivity index (χ1) is 8.46. The van der Waals surface area contributed by atoms with E-state index in [2.05, 4.69) is 16.8 Å². The lowest BCUT2D eigenvalue weighted by Crippen LogP contribution is -2.51. The zero-order valence-electron chi connectivity index (χ0n) is 11.2. The van der Waals surface area contributed by atoms with Gasteiger partial charge in [-0.3, -0.25) is 9.69 Å². The van der Waals surface area contributed by atoms with E-state index < -0.39 is 9.84 Å². The Balaban J connectivity index is 0.00000180. The van der Waals surface area contributed by atoms with Gasteiger partial charge in [-0.1, -0.05) is 0 Å². The van der Waals surface area contributed by atoms with Crippen LogP contribution in [0.25, 0.3) is 0 Å². The molecule has 1 amide bonds. The van der Waals surface area contributed by atoms with Crippen LogP contribution in [0.1, 0.15) is 0 Å². The average molecular weight is 312 g/mol. The first kappa shape index (κ1) is 16.7. The number of halogens is 1. The van der Waals surface area contributed by atoms with Crippen molar-refractivity contribution in [2.75, 3.05) is 64.4 Å². The molecule has 2 saturated heterocycles. The maximum atomic E-state index is 12.0.